The van der Waals surface area contributed by atoms with Crippen LogP contribution in [0.2, 0.25) is 10.0 Å². The summed E-state index contributed by atoms with van der Waals surface area (Å²) in [5, 5.41) is 6.68. The molecule has 5 rings (SSSR count). The van der Waals surface area contributed by atoms with E-state index in [4.69, 9.17) is 23.2 Å². The van der Waals surface area contributed by atoms with E-state index in [-0.39, 0.29) is 11.8 Å². The highest BCUT2D eigenvalue weighted by molar-refractivity contribution is 6.42. The lowest BCUT2D eigenvalue weighted by molar-refractivity contribution is 0.0953. The van der Waals surface area contributed by atoms with Crippen LogP contribution in [-0.4, -0.2) is 31.4 Å². The molecule has 2 amide bonds. The van der Waals surface area contributed by atoms with E-state index >= 15 is 0 Å². The Kier molecular flexibility index (Phi) is 9.60. The maximum absolute atomic E-state index is 13.5. The second-order valence-electron chi connectivity index (χ2n) is 10.4. The van der Waals surface area contributed by atoms with Crippen LogP contribution in [0.15, 0.2) is 97.1 Å². The number of carbonyl (C=O) groups is 2. The van der Waals surface area contributed by atoms with E-state index in [2.05, 4.69) is 58.0 Å². The molecule has 0 spiro atoms. The molecule has 1 aliphatic heterocycles. The van der Waals surface area contributed by atoms with Crippen molar-refractivity contribution in [2.45, 2.75) is 25.7 Å². The summed E-state index contributed by atoms with van der Waals surface area (Å²) in [5.74, 6) is 0.128. The van der Waals surface area contributed by atoms with Crippen molar-refractivity contribution in [2.75, 3.05) is 29.9 Å². The smallest absolute Gasteiger partial charge is 0.255 e. The van der Waals surface area contributed by atoms with Gasteiger partial charge in [-0.05, 0) is 79.1 Å². The topological polar surface area (TPSA) is 61.4 Å². The van der Waals surface area contributed by atoms with Crippen molar-refractivity contribution in [2.24, 2.45) is 5.92 Å². The molecule has 0 atom stereocenters. The van der Waals surface area contributed by atoms with Crippen molar-refractivity contribution in [3.63, 3.8) is 0 Å². The Morgan fingerprint density at radius 3 is 2.12 bits per heavy atom. The van der Waals surface area contributed by atoms with Crippen LogP contribution in [0.5, 0.6) is 0 Å². The van der Waals surface area contributed by atoms with Crippen LogP contribution in [-0.2, 0) is 12.8 Å². The van der Waals surface area contributed by atoms with Gasteiger partial charge in [0.2, 0.25) is 0 Å². The lowest BCUT2D eigenvalue weighted by Crippen LogP contribution is -2.36. The summed E-state index contributed by atoms with van der Waals surface area (Å²) in [6.45, 7) is 2.26. The highest BCUT2D eigenvalue weighted by Gasteiger charge is 2.24. The van der Waals surface area contributed by atoms with Gasteiger partial charge >= 0.3 is 0 Å². The van der Waals surface area contributed by atoms with E-state index in [0.29, 0.717) is 39.3 Å². The molecule has 0 aliphatic carbocycles. The van der Waals surface area contributed by atoms with Crippen LogP contribution in [0.3, 0.4) is 0 Å². The summed E-state index contributed by atoms with van der Waals surface area (Å²) >= 11 is 12.1. The minimum atomic E-state index is -0.325. The van der Waals surface area contributed by atoms with E-state index in [0.717, 1.165) is 50.0 Å². The van der Waals surface area contributed by atoms with Gasteiger partial charge in [-0.15, -0.1) is 0 Å². The average molecular weight is 587 g/mol. The Bertz CT molecular complexity index is 1490. The lowest BCUT2D eigenvalue weighted by atomic mass is 9.89. The number of hydrogen-bond acceptors (Lipinski definition) is 3. The number of carbonyl (C=O) groups excluding carboxylic acids is 2. The van der Waals surface area contributed by atoms with Crippen molar-refractivity contribution in [1.82, 2.24) is 5.32 Å². The summed E-state index contributed by atoms with van der Waals surface area (Å²) in [5.41, 5.74) is 4.89. The lowest BCUT2D eigenvalue weighted by Gasteiger charge is -2.35. The first-order valence-electron chi connectivity index (χ1n) is 14.0. The summed E-state index contributed by atoms with van der Waals surface area (Å²) in [4.78, 5) is 28.7. The highest BCUT2D eigenvalue weighted by atomic mass is 35.5. The quantitative estimate of drug-likeness (QED) is 0.212. The van der Waals surface area contributed by atoms with Gasteiger partial charge in [0.25, 0.3) is 11.8 Å². The highest BCUT2D eigenvalue weighted by Crippen LogP contribution is 2.31. The minimum Gasteiger partial charge on any atom is -0.371 e. The van der Waals surface area contributed by atoms with E-state index in [1.54, 1.807) is 18.2 Å². The third kappa shape index (κ3) is 7.69. The first kappa shape index (κ1) is 28.7. The number of nitrogens with zero attached hydrogens (tertiary/aromatic N) is 1. The summed E-state index contributed by atoms with van der Waals surface area (Å²) in [6, 6.07) is 31.0. The van der Waals surface area contributed by atoms with E-state index in [1.165, 1.54) is 11.6 Å². The van der Waals surface area contributed by atoms with Crippen molar-refractivity contribution in [3.8, 4) is 0 Å². The molecule has 41 heavy (non-hydrogen) atoms. The molecule has 210 valence electrons. The maximum atomic E-state index is 13.5. The SMILES string of the molecule is O=C(Nc1ccc(N2CCC(Cc3ccccc3)CC2)c(C(=O)NCCc2ccccc2)c1)c1ccc(Cl)c(Cl)c1. The number of rotatable bonds is 9. The van der Waals surface area contributed by atoms with Crippen LogP contribution in [0, 0.1) is 5.92 Å². The first-order valence-corrected chi connectivity index (χ1v) is 14.7. The zero-order chi connectivity index (χ0) is 28.6. The largest absolute Gasteiger partial charge is 0.371 e. The van der Waals surface area contributed by atoms with Crippen molar-refractivity contribution in [3.05, 3.63) is 129 Å². The molecule has 5 nitrogen and oxygen atoms in total. The monoisotopic (exact) mass is 585 g/mol. The van der Waals surface area contributed by atoms with Gasteiger partial charge in [0.05, 0.1) is 15.6 Å². The molecule has 4 aromatic carbocycles. The number of hydrogen-bond donors (Lipinski definition) is 2. The number of nitrogens with one attached hydrogen (secondary N) is 2. The molecular weight excluding hydrogens is 553 g/mol. The van der Waals surface area contributed by atoms with Gasteiger partial charge in [-0.2, -0.15) is 0 Å². The Morgan fingerprint density at radius 2 is 1.44 bits per heavy atom. The summed E-state index contributed by atoms with van der Waals surface area (Å²) < 4.78 is 0. The molecule has 0 saturated carbocycles. The molecule has 0 unspecified atom stereocenters. The van der Waals surface area contributed by atoms with Crippen molar-refractivity contribution >= 4 is 46.4 Å². The van der Waals surface area contributed by atoms with Crippen LogP contribution >= 0.6 is 23.2 Å². The first-order chi connectivity index (χ1) is 20.0. The number of piperidine rings is 1. The van der Waals surface area contributed by atoms with Crippen LogP contribution < -0.4 is 15.5 Å². The second kappa shape index (κ2) is 13.7. The third-order valence-corrected chi connectivity index (χ3v) is 8.28. The van der Waals surface area contributed by atoms with Crippen LogP contribution in [0.4, 0.5) is 11.4 Å². The summed E-state index contributed by atoms with van der Waals surface area (Å²) in [6.07, 6.45) is 3.92. The predicted molar refractivity (Wildman–Crippen MR) is 168 cm³/mol. The van der Waals surface area contributed by atoms with E-state index in [9.17, 15) is 9.59 Å². The fraction of sp³-hybridized carbons (Fsp3) is 0.235. The van der Waals surface area contributed by atoms with Crippen molar-refractivity contribution in [1.29, 1.82) is 0 Å². The van der Waals surface area contributed by atoms with Gasteiger partial charge in [0.1, 0.15) is 0 Å². The fourth-order valence-electron chi connectivity index (χ4n) is 5.30. The molecule has 0 aromatic heterocycles. The standard InChI is InChI=1S/C34H33Cl2N3O2/c35-30-13-11-27(22-31(30)36)33(40)38-28-12-14-32(29(23-28)34(41)37-18-15-24-7-3-1-4-8-24)39-19-16-26(17-20-39)21-25-9-5-2-6-10-25/h1-14,22-23,26H,15-21H2,(H,37,41)(H,38,40). The second-order valence-corrected chi connectivity index (χ2v) is 11.2. The van der Waals surface area contributed by atoms with Gasteiger partial charge in [-0.1, -0.05) is 83.9 Å². The van der Waals surface area contributed by atoms with Gasteiger partial charge in [-0.3, -0.25) is 9.59 Å². The molecule has 0 radical (unpaired) electrons. The Balaban J connectivity index is 1.31. The zero-order valence-electron chi connectivity index (χ0n) is 22.8. The van der Waals surface area contributed by atoms with Crippen molar-refractivity contribution < 1.29 is 9.59 Å². The predicted octanol–water partition coefficient (Wildman–Crippen LogP) is 7.68. The molecule has 1 heterocycles. The molecule has 1 fully saturated rings. The number of anilines is 2. The van der Waals surface area contributed by atoms with Gasteiger partial charge < -0.3 is 15.5 Å². The Morgan fingerprint density at radius 1 is 0.756 bits per heavy atom. The molecule has 7 heteroatoms. The van der Waals surface area contributed by atoms with E-state index in [1.807, 2.05) is 30.3 Å². The molecule has 4 aromatic rings. The number of halogens is 2. The van der Waals surface area contributed by atoms with Crippen LogP contribution in [0.25, 0.3) is 0 Å². The molecule has 1 saturated heterocycles. The zero-order valence-corrected chi connectivity index (χ0v) is 24.3. The normalized spacial score (nSPS) is 13.6. The Labute approximate surface area is 251 Å². The van der Waals surface area contributed by atoms with Gasteiger partial charge in [0.15, 0.2) is 0 Å². The maximum Gasteiger partial charge on any atom is 0.255 e. The average Bonchev–Trinajstić information content (AvgIpc) is 3.00. The van der Waals surface area contributed by atoms with E-state index < -0.39 is 0 Å². The molecule has 0 bridgehead atoms. The Hall–Kier alpha value is -3.80. The fourth-order valence-corrected chi connectivity index (χ4v) is 5.60. The molecule has 1 aliphatic rings. The molecule has 2 N–H and O–H groups in total. The van der Waals surface area contributed by atoms with Crippen LogP contribution in [0.1, 0.15) is 44.7 Å². The number of benzene rings is 4. The number of amides is 2. The summed E-state index contributed by atoms with van der Waals surface area (Å²) in [7, 11) is 0. The third-order valence-electron chi connectivity index (χ3n) is 7.55. The van der Waals surface area contributed by atoms with Gasteiger partial charge in [-0.25, -0.2) is 0 Å². The minimum absolute atomic E-state index is 0.159. The van der Waals surface area contributed by atoms with Gasteiger partial charge in [0, 0.05) is 36.6 Å². The molecular formula is C34H33Cl2N3O2.